The van der Waals surface area contributed by atoms with Gasteiger partial charge in [0.25, 0.3) is 5.91 Å². The minimum Gasteiger partial charge on any atom is -0.494 e. The third-order valence-corrected chi connectivity index (χ3v) is 4.59. The molecule has 1 amide bonds. The Morgan fingerprint density at radius 3 is 2.67 bits per heavy atom. The fraction of sp³-hybridized carbons (Fsp3) is 0.300. The Morgan fingerprint density at radius 1 is 1.26 bits per heavy atom. The van der Waals surface area contributed by atoms with E-state index in [0.29, 0.717) is 29.7 Å². The minimum absolute atomic E-state index is 0.0247. The van der Waals surface area contributed by atoms with Gasteiger partial charge in [0.1, 0.15) is 0 Å². The fourth-order valence-electron chi connectivity index (χ4n) is 3.03. The summed E-state index contributed by atoms with van der Waals surface area (Å²) in [6.45, 7) is 0.570. The fourth-order valence-corrected chi connectivity index (χ4v) is 3.03. The highest BCUT2D eigenvalue weighted by Gasteiger charge is 2.33. The summed E-state index contributed by atoms with van der Waals surface area (Å²) >= 11 is 0. The van der Waals surface area contributed by atoms with Gasteiger partial charge in [-0.3, -0.25) is 9.48 Å². The number of benzene rings is 1. The number of ether oxygens (including phenoxy) is 1. The number of aromatic nitrogens is 4. The Labute approximate surface area is 157 Å². The van der Waals surface area contributed by atoms with E-state index in [-0.39, 0.29) is 5.91 Å². The van der Waals surface area contributed by atoms with Crippen LogP contribution < -0.4 is 4.74 Å². The van der Waals surface area contributed by atoms with E-state index in [1.165, 1.54) is 0 Å². The third-order valence-electron chi connectivity index (χ3n) is 4.59. The van der Waals surface area contributed by atoms with Gasteiger partial charge >= 0.3 is 0 Å². The summed E-state index contributed by atoms with van der Waals surface area (Å²) in [6, 6.07) is 7.77. The van der Waals surface area contributed by atoms with Crippen LogP contribution in [-0.2, 0) is 13.6 Å². The first-order chi connectivity index (χ1) is 13.1. The Balaban J connectivity index is 1.58. The van der Waals surface area contributed by atoms with Crippen LogP contribution in [0.1, 0.15) is 28.8 Å². The number of carbonyl (C=O) groups is 1. The van der Waals surface area contributed by atoms with Crippen LogP contribution in [0.4, 0.5) is 0 Å². The number of rotatable bonds is 6. The van der Waals surface area contributed by atoms with Gasteiger partial charge in [-0.2, -0.15) is 5.10 Å². The highest BCUT2D eigenvalue weighted by molar-refractivity contribution is 5.95. The second-order valence-electron chi connectivity index (χ2n) is 6.71. The molecule has 3 aromatic rings. The van der Waals surface area contributed by atoms with Gasteiger partial charge in [0.2, 0.25) is 0 Å². The number of carbonyl (C=O) groups excluding carboxylic acids is 1. The van der Waals surface area contributed by atoms with Gasteiger partial charge < -0.3 is 9.64 Å². The van der Waals surface area contributed by atoms with E-state index in [2.05, 4.69) is 15.1 Å². The summed E-state index contributed by atoms with van der Waals surface area (Å²) in [5, 5.41) is 4.20. The molecule has 0 radical (unpaired) electrons. The van der Waals surface area contributed by atoms with E-state index >= 15 is 0 Å². The lowest BCUT2D eigenvalue weighted by Crippen LogP contribution is -2.32. The SMILES string of the molecule is COc1cnc(-c2cccc(C(=O)N(Cc3cnn(C)c3)C3CC3)c2)nc1. The molecule has 4 rings (SSSR count). The molecule has 2 aromatic heterocycles. The van der Waals surface area contributed by atoms with Crippen LogP contribution in [0.2, 0.25) is 0 Å². The molecular weight excluding hydrogens is 342 g/mol. The first-order valence-corrected chi connectivity index (χ1v) is 8.89. The molecule has 7 heteroatoms. The van der Waals surface area contributed by atoms with Crippen molar-refractivity contribution in [3.05, 3.63) is 60.2 Å². The van der Waals surface area contributed by atoms with E-state index in [9.17, 15) is 4.79 Å². The number of hydrogen-bond donors (Lipinski definition) is 0. The van der Waals surface area contributed by atoms with E-state index in [1.54, 1.807) is 24.2 Å². The summed E-state index contributed by atoms with van der Waals surface area (Å²) in [6.07, 6.45) is 9.10. The molecule has 27 heavy (non-hydrogen) atoms. The minimum atomic E-state index is 0.0247. The lowest BCUT2D eigenvalue weighted by molar-refractivity contribution is 0.0730. The van der Waals surface area contributed by atoms with Crippen molar-refractivity contribution in [1.82, 2.24) is 24.6 Å². The molecule has 0 unspecified atom stereocenters. The van der Waals surface area contributed by atoms with Crippen molar-refractivity contribution < 1.29 is 9.53 Å². The van der Waals surface area contributed by atoms with E-state index in [0.717, 1.165) is 24.0 Å². The number of nitrogens with zero attached hydrogens (tertiary/aromatic N) is 5. The van der Waals surface area contributed by atoms with Crippen LogP contribution in [0.3, 0.4) is 0 Å². The van der Waals surface area contributed by atoms with Gasteiger partial charge in [0, 0.05) is 42.5 Å². The van der Waals surface area contributed by atoms with Crippen molar-refractivity contribution in [1.29, 1.82) is 0 Å². The number of hydrogen-bond acceptors (Lipinski definition) is 5. The second kappa shape index (κ2) is 7.19. The Bertz CT molecular complexity index is 947. The first kappa shape index (κ1) is 17.2. The normalized spacial score (nSPS) is 13.4. The van der Waals surface area contributed by atoms with Crippen LogP contribution in [0, 0.1) is 0 Å². The topological polar surface area (TPSA) is 73.1 Å². The van der Waals surface area contributed by atoms with Crippen LogP contribution >= 0.6 is 0 Å². The van der Waals surface area contributed by atoms with Crippen LogP contribution in [0.15, 0.2) is 49.1 Å². The molecule has 2 heterocycles. The average molecular weight is 363 g/mol. The quantitative estimate of drug-likeness (QED) is 0.673. The van der Waals surface area contributed by atoms with Crippen LogP contribution in [0.25, 0.3) is 11.4 Å². The lowest BCUT2D eigenvalue weighted by atomic mass is 10.1. The third kappa shape index (κ3) is 3.81. The predicted molar refractivity (Wildman–Crippen MR) is 100 cm³/mol. The monoisotopic (exact) mass is 363 g/mol. The summed E-state index contributed by atoms with van der Waals surface area (Å²) in [7, 11) is 3.46. The van der Waals surface area contributed by atoms with Crippen LogP contribution in [-0.4, -0.2) is 43.7 Å². The van der Waals surface area contributed by atoms with Crippen molar-refractivity contribution in [3.8, 4) is 17.1 Å². The molecule has 0 atom stereocenters. The molecule has 1 aromatic carbocycles. The molecule has 1 fully saturated rings. The first-order valence-electron chi connectivity index (χ1n) is 8.89. The second-order valence-corrected chi connectivity index (χ2v) is 6.71. The number of methoxy groups -OCH3 is 1. The highest BCUT2D eigenvalue weighted by atomic mass is 16.5. The Hall–Kier alpha value is -3.22. The van der Waals surface area contributed by atoms with Gasteiger partial charge in [-0.1, -0.05) is 12.1 Å². The molecule has 0 aliphatic heterocycles. The van der Waals surface area contributed by atoms with E-state index < -0.39 is 0 Å². The number of amides is 1. The maximum atomic E-state index is 13.2. The summed E-state index contributed by atoms with van der Waals surface area (Å²) < 4.78 is 6.85. The maximum Gasteiger partial charge on any atom is 0.254 e. The van der Waals surface area contributed by atoms with Crippen molar-refractivity contribution in [2.75, 3.05) is 7.11 Å². The van der Waals surface area contributed by atoms with Gasteiger partial charge in [-0.05, 0) is 25.0 Å². The summed E-state index contributed by atoms with van der Waals surface area (Å²) in [5.74, 6) is 1.19. The van der Waals surface area contributed by atoms with Crippen molar-refractivity contribution in [2.45, 2.75) is 25.4 Å². The molecule has 1 aliphatic carbocycles. The summed E-state index contributed by atoms with van der Waals surface area (Å²) in [4.78, 5) is 23.7. The largest absolute Gasteiger partial charge is 0.494 e. The van der Waals surface area contributed by atoms with Gasteiger partial charge in [-0.25, -0.2) is 9.97 Å². The molecule has 7 nitrogen and oxygen atoms in total. The molecule has 1 aliphatic rings. The molecule has 138 valence electrons. The van der Waals surface area contributed by atoms with Gasteiger partial charge in [-0.15, -0.1) is 0 Å². The average Bonchev–Trinajstić information content (AvgIpc) is 3.47. The van der Waals surface area contributed by atoms with Crippen LogP contribution in [0.5, 0.6) is 5.75 Å². The van der Waals surface area contributed by atoms with Crippen molar-refractivity contribution in [3.63, 3.8) is 0 Å². The van der Waals surface area contributed by atoms with Crippen molar-refractivity contribution in [2.24, 2.45) is 7.05 Å². The van der Waals surface area contributed by atoms with E-state index in [1.807, 2.05) is 48.6 Å². The highest BCUT2D eigenvalue weighted by Crippen LogP contribution is 2.30. The molecule has 0 N–H and O–H groups in total. The van der Waals surface area contributed by atoms with Crippen molar-refractivity contribution >= 4 is 5.91 Å². The predicted octanol–water partition coefficient (Wildman–Crippen LogP) is 2.69. The van der Waals surface area contributed by atoms with E-state index in [4.69, 9.17) is 4.74 Å². The molecule has 0 spiro atoms. The Morgan fingerprint density at radius 2 is 2.04 bits per heavy atom. The molecule has 1 saturated carbocycles. The zero-order valence-corrected chi connectivity index (χ0v) is 15.4. The molecule has 0 saturated heterocycles. The maximum absolute atomic E-state index is 13.2. The zero-order chi connectivity index (χ0) is 18.8. The lowest BCUT2D eigenvalue weighted by Gasteiger charge is -2.22. The van der Waals surface area contributed by atoms with Gasteiger partial charge in [0.15, 0.2) is 11.6 Å². The molecular formula is C20H21N5O2. The number of aryl methyl sites for hydroxylation is 1. The summed E-state index contributed by atoms with van der Waals surface area (Å²) in [5.41, 5.74) is 2.48. The molecule has 0 bridgehead atoms. The standard InChI is InChI=1S/C20H21N5O2/c1-24-12-14(9-23-24)13-25(17-6-7-17)20(26)16-5-3-4-15(8-16)19-21-10-18(27-2)11-22-19/h3-5,8-12,17H,6-7,13H2,1-2H3. The zero-order valence-electron chi connectivity index (χ0n) is 15.4. The smallest absolute Gasteiger partial charge is 0.254 e. The van der Waals surface area contributed by atoms with Gasteiger partial charge in [0.05, 0.1) is 25.7 Å². The Kier molecular flexibility index (Phi) is 4.58.